The zero-order valence-corrected chi connectivity index (χ0v) is 12.3. The smallest absolute Gasteiger partial charge is 0.217 e. The van der Waals surface area contributed by atoms with Crippen LogP contribution in [-0.4, -0.2) is 25.0 Å². The minimum Gasteiger partial charge on any atom is -0.369 e. The van der Waals surface area contributed by atoms with Crippen LogP contribution in [0.1, 0.15) is 18.9 Å². The number of carbonyl (C=O) groups excluding carboxylic acids is 1. The van der Waals surface area contributed by atoms with Gasteiger partial charge in [-0.3, -0.25) is 4.79 Å². The van der Waals surface area contributed by atoms with Gasteiger partial charge in [0.15, 0.2) is 0 Å². The highest BCUT2D eigenvalue weighted by Crippen LogP contribution is 2.31. The summed E-state index contributed by atoms with van der Waals surface area (Å²) in [5, 5.41) is 5.47. The van der Waals surface area contributed by atoms with Crippen molar-refractivity contribution in [3.63, 3.8) is 0 Å². The number of rotatable bonds is 3. The van der Waals surface area contributed by atoms with Gasteiger partial charge in [-0.25, -0.2) is 0 Å². The third-order valence-electron chi connectivity index (χ3n) is 4.15. The molecule has 4 nitrogen and oxygen atoms in total. The molecule has 0 spiro atoms. The number of nitrogens with one attached hydrogen (secondary N) is 1. The molecule has 1 unspecified atom stereocenters. The number of anilines is 1. The van der Waals surface area contributed by atoms with Crippen LogP contribution in [0.2, 0.25) is 0 Å². The number of hydrogen-bond donors (Lipinski definition) is 2. The van der Waals surface area contributed by atoms with Crippen LogP contribution in [0.25, 0.3) is 10.8 Å². The summed E-state index contributed by atoms with van der Waals surface area (Å²) >= 11 is 0. The molecule has 1 atom stereocenters. The Kier molecular flexibility index (Phi) is 3.80. The normalized spacial score (nSPS) is 18.2. The molecule has 0 bridgehead atoms. The molecule has 3 N–H and O–H groups in total. The summed E-state index contributed by atoms with van der Waals surface area (Å²) in [5.74, 6) is 0.0465. The van der Waals surface area contributed by atoms with Gasteiger partial charge in [0, 0.05) is 43.7 Å². The van der Waals surface area contributed by atoms with Crippen molar-refractivity contribution in [1.82, 2.24) is 5.32 Å². The second kappa shape index (κ2) is 5.74. The van der Waals surface area contributed by atoms with Crippen molar-refractivity contribution in [3.05, 3.63) is 42.0 Å². The van der Waals surface area contributed by atoms with Gasteiger partial charge in [-0.1, -0.05) is 30.3 Å². The molecule has 3 rings (SSSR count). The third-order valence-corrected chi connectivity index (χ3v) is 4.15. The number of amides is 1. The van der Waals surface area contributed by atoms with Gasteiger partial charge < -0.3 is 16.0 Å². The average Bonchev–Trinajstić information content (AvgIpc) is 2.93. The predicted octanol–water partition coefficient (Wildman–Crippen LogP) is 2.01. The maximum Gasteiger partial charge on any atom is 0.217 e. The van der Waals surface area contributed by atoms with Crippen LogP contribution in [0, 0.1) is 0 Å². The molecule has 0 aromatic heterocycles. The Hall–Kier alpha value is -2.07. The zero-order chi connectivity index (χ0) is 14.8. The van der Waals surface area contributed by atoms with E-state index in [0.29, 0.717) is 6.54 Å². The van der Waals surface area contributed by atoms with Gasteiger partial charge in [0.1, 0.15) is 0 Å². The molecule has 1 aliphatic rings. The molecular weight excluding hydrogens is 262 g/mol. The van der Waals surface area contributed by atoms with Gasteiger partial charge in [0.2, 0.25) is 5.91 Å². The summed E-state index contributed by atoms with van der Waals surface area (Å²) in [4.78, 5) is 13.5. The largest absolute Gasteiger partial charge is 0.369 e. The van der Waals surface area contributed by atoms with E-state index in [0.717, 1.165) is 19.5 Å². The van der Waals surface area contributed by atoms with Crippen LogP contribution >= 0.6 is 0 Å². The molecule has 0 saturated carbocycles. The number of carbonyl (C=O) groups is 1. The van der Waals surface area contributed by atoms with Gasteiger partial charge in [-0.05, 0) is 23.4 Å². The monoisotopic (exact) mass is 283 g/mol. The number of benzene rings is 2. The topological polar surface area (TPSA) is 58.4 Å². The van der Waals surface area contributed by atoms with Gasteiger partial charge in [0.05, 0.1) is 0 Å². The molecule has 1 amide bonds. The van der Waals surface area contributed by atoms with Gasteiger partial charge in [0.25, 0.3) is 0 Å². The molecule has 2 aromatic carbocycles. The molecule has 1 saturated heterocycles. The van der Waals surface area contributed by atoms with Crippen LogP contribution in [0.15, 0.2) is 36.4 Å². The second-order valence-electron chi connectivity index (χ2n) is 5.63. The Morgan fingerprint density at radius 2 is 2.05 bits per heavy atom. The molecule has 1 fully saturated rings. The minimum absolute atomic E-state index is 0.0465. The van der Waals surface area contributed by atoms with E-state index in [1.807, 2.05) is 0 Å². The van der Waals surface area contributed by atoms with Crippen molar-refractivity contribution in [2.24, 2.45) is 5.73 Å². The van der Waals surface area contributed by atoms with Crippen molar-refractivity contribution in [2.45, 2.75) is 25.9 Å². The molecule has 0 radical (unpaired) electrons. The fourth-order valence-corrected chi connectivity index (χ4v) is 3.18. The van der Waals surface area contributed by atoms with Crippen molar-refractivity contribution in [2.75, 3.05) is 18.0 Å². The lowest BCUT2D eigenvalue weighted by atomic mass is 10.0. The number of nitrogens with zero attached hydrogens (tertiary/aromatic N) is 1. The van der Waals surface area contributed by atoms with E-state index >= 15 is 0 Å². The summed E-state index contributed by atoms with van der Waals surface area (Å²) in [6.45, 7) is 3.96. The first-order valence-electron chi connectivity index (χ1n) is 7.42. The molecule has 2 aromatic rings. The van der Waals surface area contributed by atoms with Gasteiger partial charge in [-0.2, -0.15) is 0 Å². The minimum atomic E-state index is 0.0465. The molecule has 0 aliphatic carbocycles. The standard InChI is InChI=1S/C17H21N3O/c1-12(21)19-14-8-9-20(11-14)17-7-6-13(10-18)15-4-2-3-5-16(15)17/h2-7,14H,8-11,18H2,1H3,(H,19,21). The summed E-state index contributed by atoms with van der Waals surface area (Å²) in [6.07, 6.45) is 0.993. The first kappa shape index (κ1) is 13.9. The molecule has 4 heteroatoms. The number of fused-ring (bicyclic) bond motifs is 1. The van der Waals surface area contributed by atoms with E-state index < -0.39 is 0 Å². The Morgan fingerprint density at radius 1 is 1.29 bits per heavy atom. The summed E-state index contributed by atoms with van der Waals surface area (Å²) in [5.41, 5.74) is 8.24. The summed E-state index contributed by atoms with van der Waals surface area (Å²) < 4.78 is 0. The fraction of sp³-hybridized carbons (Fsp3) is 0.353. The van der Waals surface area contributed by atoms with Crippen LogP contribution in [0.3, 0.4) is 0 Å². The van der Waals surface area contributed by atoms with E-state index in [1.54, 1.807) is 6.92 Å². The van der Waals surface area contributed by atoms with Gasteiger partial charge >= 0.3 is 0 Å². The van der Waals surface area contributed by atoms with Crippen LogP contribution in [0.4, 0.5) is 5.69 Å². The van der Waals surface area contributed by atoms with Crippen molar-refractivity contribution in [1.29, 1.82) is 0 Å². The number of hydrogen-bond acceptors (Lipinski definition) is 3. The summed E-state index contributed by atoms with van der Waals surface area (Å²) in [7, 11) is 0. The Bertz CT molecular complexity index is 668. The van der Waals surface area contributed by atoms with Crippen molar-refractivity contribution >= 4 is 22.4 Å². The quantitative estimate of drug-likeness (QED) is 0.906. The molecule has 1 heterocycles. The first-order chi connectivity index (χ1) is 10.2. The SMILES string of the molecule is CC(=O)NC1CCN(c2ccc(CN)c3ccccc23)C1. The van der Waals surface area contributed by atoms with Crippen LogP contribution < -0.4 is 16.0 Å². The van der Waals surface area contributed by atoms with Gasteiger partial charge in [-0.15, -0.1) is 0 Å². The highest BCUT2D eigenvalue weighted by atomic mass is 16.1. The van der Waals surface area contributed by atoms with E-state index in [1.165, 1.54) is 22.0 Å². The second-order valence-corrected chi connectivity index (χ2v) is 5.63. The number of nitrogens with two attached hydrogens (primary N) is 1. The van der Waals surface area contributed by atoms with Crippen molar-refractivity contribution in [3.8, 4) is 0 Å². The van der Waals surface area contributed by atoms with E-state index in [-0.39, 0.29) is 11.9 Å². The van der Waals surface area contributed by atoms with Crippen molar-refractivity contribution < 1.29 is 4.79 Å². The van der Waals surface area contributed by atoms with E-state index in [4.69, 9.17) is 5.73 Å². The Labute approximate surface area is 124 Å². The predicted molar refractivity (Wildman–Crippen MR) is 86.3 cm³/mol. The van der Waals surface area contributed by atoms with E-state index in [2.05, 4.69) is 46.6 Å². The highest BCUT2D eigenvalue weighted by molar-refractivity contribution is 5.96. The maximum atomic E-state index is 11.2. The molecule has 1 aliphatic heterocycles. The summed E-state index contributed by atoms with van der Waals surface area (Å²) in [6, 6.07) is 12.9. The lowest BCUT2D eigenvalue weighted by Crippen LogP contribution is -2.35. The lowest BCUT2D eigenvalue weighted by Gasteiger charge is -2.22. The first-order valence-corrected chi connectivity index (χ1v) is 7.42. The van der Waals surface area contributed by atoms with Crippen LogP contribution in [0.5, 0.6) is 0 Å². The lowest BCUT2D eigenvalue weighted by molar-refractivity contribution is -0.119. The molecule has 110 valence electrons. The Balaban J connectivity index is 1.93. The highest BCUT2D eigenvalue weighted by Gasteiger charge is 2.24. The Morgan fingerprint density at radius 3 is 2.76 bits per heavy atom. The van der Waals surface area contributed by atoms with E-state index in [9.17, 15) is 4.79 Å². The van der Waals surface area contributed by atoms with Crippen LogP contribution in [-0.2, 0) is 11.3 Å². The zero-order valence-electron chi connectivity index (χ0n) is 12.3. The maximum absolute atomic E-state index is 11.2. The average molecular weight is 283 g/mol. The molecule has 21 heavy (non-hydrogen) atoms. The molecular formula is C17H21N3O. The third kappa shape index (κ3) is 2.72. The fourth-order valence-electron chi connectivity index (χ4n) is 3.18.